The number of hydrogen-bond acceptors (Lipinski definition) is 4. The Bertz CT molecular complexity index is 512. The molecule has 1 amide bonds. The van der Waals surface area contributed by atoms with Crippen molar-refractivity contribution in [2.45, 2.75) is 25.6 Å². The smallest absolute Gasteiger partial charge is 0.224 e. The van der Waals surface area contributed by atoms with Crippen LogP contribution in [0, 0.1) is 5.92 Å². The Hall–Kier alpha value is -1.14. The summed E-state index contributed by atoms with van der Waals surface area (Å²) >= 11 is 6.07. The molecule has 5 nitrogen and oxygen atoms in total. The molecule has 1 saturated heterocycles. The van der Waals surface area contributed by atoms with E-state index in [1.54, 1.807) is 7.05 Å². The third-order valence-electron chi connectivity index (χ3n) is 4.12. The molecule has 2 unspecified atom stereocenters. The van der Waals surface area contributed by atoms with E-state index in [2.05, 4.69) is 10.2 Å². The van der Waals surface area contributed by atoms with Crippen LogP contribution in [0.5, 0.6) is 0 Å². The van der Waals surface area contributed by atoms with Gasteiger partial charge in [-0.1, -0.05) is 29.8 Å². The molecule has 23 heavy (non-hydrogen) atoms. The van der Waals surface area contributed by atoms with E-state index in [1.807, 2.05) is 24.3 Å². The molecule has 1 aromatic carbocycles. The van der Waals surface area contributed by atoms with E-state index in [4.69, 9.17) is 16.3 Å². The highest BCUT2D eigenvalue weighted by atomic mass is 35.5. The molecule has 1 aliphatic rings. The number of likely N-dealkylation sites (tertiary alicyclic amines) is 1. The molecule has 0 bridgehead atoms. The number of amides is 1. The number of hydrogen-bond donors (Lipinski definition) is 2. The minimum Gasteiger partial charge on any atom is -0.389 e. The van der Waals surface area contributed by atoms with E-state index in [-0.39, 0.29) is 18.4 Å². The van der Waals surface area contributed by atoms with Gasteiger partial charge in [-0.25, -0.2) is 0 Å². The molecule has 1 aliphatic heterocycles. The number of rotatable bonds is 7. The molecule has 1 heterocycles. The Morgan fingerprint density at radius 2 is 2.30 bits per heavy atom. The van der Waals surface area contributed by atoms with Crippen molar-refractivity contribution in [3.05, 3.63) is 34.9 Å². The quantitative estimate of drug-likeness (QED) is 0.792. The molecule has 0 saturated carbocycles. The zero-order valence-electron chi connectivity index (χ0n) is 13.5. The Balaban J connectivity index is 1.71. The maximum atomic E-state index is 11.7. The Labute approximate surface area is 142 Å². The maximum Gasteiger partial charge on any atom is 0.224 e. The minimum absolute atomic E-state index is 0.0185. The average molecular weight is 341 g/mol. The number of piperidine rings is 1. The standard InChI is InChI=1S/C17H25ClN2O3/c1-19-17(22)13-6-4-8-20(9-13)10-15(21)12-23-11-14-5-2-3-7-16(14)18/h2-3,5,7,13,15,21H,4,6,8-12H2,1H3,(H,19,22). The number of nitrogens with zero attached hydrogens (tertiary/aromatic N) is 1. The van der Waals surface area contributed by atoms with E-state index < -0.39 is 6.10 Å². The summed E-state index contributed by atoms with van der Waals surface area (Å²) in [6.07, 6.45) is 1.32. The first kappa shape index (κ1) is 18.2. The number of carbonyl (C=O) groups excluding carboxylic acids is 1. The first-order chi connectivity index (χ1) is 11.1. The summed E-state index contributed by atoms with van der Waals surface area (Å²) in [5.74, 6) is 0.101. The van der Waals surface area contributed by atoms with Crippen molar-refractivity contribution in [2.24, 2.45) is 5.92 Å². The molecule has 2 rings (SSSR count). The molecular weight excluding hydrogens is 316 g/mol. The second-order valence-corrected chi connectivity index (χ2v) is 6.38. The largest absolute Gasteiger partial charge is 0.389 e. The van der Waals surface area contributed by atoms with Gasteiger partial charge in [0.25, 0.3) is 0 Å². The number of nitrogens with one attached hydrogen (secondary N) is 1. The summed E-state index contributed by atoms with van der Waals surface area (Å²) in [6, 6.07) is 7.52. The van der Waals surface area contributed by atoms with Gasteiger partial charge >= 0.3 is 0 Å². The fourth-order valence-corrected chi connectivity index (χ4v) is 3.10. The fraction of sp³-hybridized carbons (Fsp3) is 0.588. The minimum atomic E-state index is -0.569. The lowest BCUT2D eigenvalue weighted by Crippen LogP contribution is -2.45. The lowest BCUT2D eigenvalue weighted by molar-refractivity contribution is -0.126. The van der Waals surface area contributed by atoms with E-state index in [0.29, 0.717) is 24.7 Å². The van der Waals surface area contributed by atoms with Crippen molar-refractivity contribution in [3.63, 3.8) is 0 Å². The number of aliphatic hydroxyl groups is 1. The van der Waals surface area contributed by atoms with Crippen LogP contribution in [0.2, 0.25) is 5.02 Å². The number of carbonyl (C=O) groups is 1. The monoisotopic (exact) mass is 340 g/mol. The second-order valence-electron chi connectivity index (χ2n) is 5.97. The number of ether oxygens (including phenoxy) is 1. The molecule has 0 spiro atoms. The first-order valence-corrected chi connectivity index (χ1v) is 8.41. The van der Waals surface area contributed by atoms with Gasteiger partial charge in [0.2, 0.25) is 5.91 Å². The van der Waals surface area contributed by atoms with Crippen LogP contribution in [-0.2, 0) is 16.1 Å². The van der Waals surface area contributed by atoms with Gasteiger partial charge in [-0.05, 0) is 31.0 Å². The SMILES string of the molecule is CNC(=O)C1CCCN(CC(O)COCc2ccccc2Cl)C1. The van der Waals surface area contributed by atoms with Crippen LogP contribution < -0.4 is 5.32 Å². The zero-order chi connectivity index (χ0) is 16.7. The third-order valence-corrected chi connectivity index (χ3v) is 4.49. The summed E-state index contributed by atoms with van der Waals surface area (Å²) in [5, 5.41) is 13.5. The van der Waals surface area contributed by atoms with E-state index in [1.165, 1.54) is 0 Å². The van der Waals surface area contributed by atoms with Gasteiger partial charge in [0.1, 0.15) is 0 Å². The van der Waals surface area contributed by atoms with Crippen LogP contribution in [0.1, 0.15) is 18.4 Å². The summed E-state index contributed by atoms with van der Waals surface area (Å²) in [6.45, 7) is 2.77. The molecule has 6 heteroatoms. The van der Waals surface area contributed by atoms with Crippen LogP contribution in [0.25, 0.3) is 0 Å². The molecule has 0 aromatic heterocycles. The maximum absolute atomic E-state index is 11.7. The van der Waals surface area contributed by atoms with E-state index in [0.717, 1.165) is 24.9 Å². The van der Waals surface area contributed by atoms with Crippen LogP contribution in [0.4, 0.5) is 0 Å². The predicted molar refractivity (Wildman–Crippen MR) is 90.3 cm³/mol. The Morgan fingerprint density at radius 1 is 1.52 bits per heavy atom. The molecule has 0 aliphatic carbocycles. The topological polar surface area (TPSA) is 61.8 Å². The van der Waals surface area contributed by atoms with Gasteiger partial charge in [-0.2, -0.15) is 0 Å². The van der Waals surface area contributed by atoms with Gasteiger partial charge in [-0.15, -0.1) is 0 Å². The van der Waals surface area contributed by atoms with Crippen molar-refractivity contribution >= 4 is 17.5 Å². The summed E-state index contributed by atoms with van der Waals surface area (Å²) < 4.78 is 5.56. The fourth-order valence-electron chi connectivity index (χ4n) is 2.91. The van der Waals surface area contributed by atoms with Crippen LogP contribution in [-0.4, -0.2) is 55.3 Å². The Kier molecular flexibility index (Phi) is 7.30. The highest BCUT2D eigenvalue weighted by Crippen LogP contribution is 2.18. The normalized spacial score (nSPS) is 20.2. The van der Waals surface area contributed by atoms with Crippen molar-refractivity contribution < 1.29 is 14.6 Å². The molecule has 128 valence electrons. The summed E-state index contributed by atoms with van der Waals surface area (Å²) in [5.41, 5.74) is 0.916. The molecule has 1 aromatic rings. The van der Waals surface area contributed by atoms with Gasteiger partial charge in [0.15, 0.2) is 0 Å². The van der Waals surface area contributed by atoms with Gasteiger partial charge in [0, 0.05) is 25.2 Å². The number of halogens is 1. The zero-order valence-corrected chi connectivity index (χ0v) is 14.3. The Morgan fingerprint density at radius 3 is 3.04 bits per heavy atom. The highest BCUT2D eigenvalue weighted by Gasteiger charge is 2.26. The second kappa shape index (κ2) is 9.23. The predicted octanol–water partition coefficient (Wildman–Crippen LogP) is 1.68. The van der Waals surface area contributed by atoms with Crippen molar-refractivity contribution in [3.8, 4) is 0 Å². The first-order valence-electron chi connectivity index (χ1n) is 8.03. The summed E-state index contributed by atoms with van der Waals surface area (Å²) in [7, 11) is 1.67. The lowest BCUT2D eigenvalue weighted by atomic mass is 9.97. The molecular formula is C17H25ClN2O3. The molecule has 1 fully saturated rings. The van der Waals surface area contributed by atoms with Gasteiger partial charge < -0.3 is 15.2 Å². The van der Waals surface area contributed by atoms with E-state index in [9.17, 15) is 9.90 Å². The van der Waals surface area contributed by atoms with Crippen LogP contribution in [0.3, 0.4) is 0 Å². The van der Waals surface area contributed by atoms with Crippen molar-refractivity contribution in [2.75, 3.05) is 33.3 Å². The molecule has 2 N–H and O–H groups in total. The number of β-amino-alcohol motifs (C(OH)–C–C–N with tert-alkyl or cyclic N) is 1. The third kappa shape index (κ3) is 5.77. The number of benzene rings is 1. The van der Waals surface area contributed by atoms with Crippen LogP contribution >= 0.6 is 11.6 Å². The van der Waals surface area contributed by atoms with Gasteiger partial charge in [-0.3, -0.25) is 9.69 Å². The average Bonchev–Trinajstić information content (AvgIpc) is 2.56. The van der Waals surface area contributed by atoms with Crippen molar-refractivity contribution in [1.82, 2.24) is 10.2 Å². The number of aliphatic hydroxyl groups excluding tert-OH is 1. The summed E-state index contributed by atoms with van der Waals surface area (Å²) in [4.78, 5) is 13.9. The van der Waals surface area contributed by atoms with Gasteiger partial charge in [0.05, 0.1) is 25.2 Å². The molecule has 2 atom stereocenters. The lowest BCUT2D eigenvalue weighted by Gasteiger charge is -2.32. The molecule has 0 radical (unpaired) electrons. The van der Waals surface area contributed by atoms with Crippen molar-refractivity contribution in [1.29, 1.82) is 0 Å². The highest BCUT2D eigenvalue weighted by molar-refractivity contribution is 6.31. The van der Waals surface area contributed by atoms with Crippen LogP contribution in [0.15, 0.2) is 24.3 Å². The van der Waals surface area contributed by atoms with E-state index >= 15 is 0 Å².